The first-order valence-corrected chi connectivity index (χ1v) is 9.53. The van der Waals surface area contributed by atoms with Crippen molar-refractivity contribution < 1.29 is 8.42 Å². The van der Waals surface area contributed by atoms with Crippen LogP contribution in [0.3, 0.4) is 0 Å². The van der Waals surface area contributed by atoms with E-state index in [1.807, 2.05) is 23.8 Å². The number of nitrogens with zero attached hydrogens (tertiary/aromatic N) is 1. The minimum Gasteiger partial charge on any atom is -0.207 e. The molecule has 0 N–H and O–H groups in total. The zero-order valence-corrected chi connectivity index (χ0v) is 14.0. The molecular formula is C15H16ClNO2S2. The summed E-state index contributed by atoms with van der Waals surface area (Å²) >= 11 is 7.66. The van der Waals surface area contributed by atoms with Crippen molar-refractivity contribution >= 4 is 33.0 Å². The number of hydrogen-bond acceptors (Lipinski definition) is 3. The Hall–Kier alpha value is -0.880. The molecule has 6 heteroatoms. The normalized spacial score (nSPS) is 15.6. The molecule has 1 heterocycles. The average molecular weight is 342 g/mol. The third kappa shape index (κ3) is 3.16. The minimum atomic E-state index is -3.50. The van der Waals surface area contributed by atoms with E-state index in [9.17, 15) is 8.42 Å². The number of rotatable bonds is 5. The summed E-state index contributed by atoms with van der Waals surface area (Å²) < 4.78 is 27.4. The van der Waals surface area contributed by atoms with Gasteiger partial charge in [-0.1, -0.05) is 17.7 Å². The monoisotopic (exact) mass is 341 g/mol. The van der Waals surface area contributed by atoms with Crippen LogP contribution in [-0.4, -0.2) is 18.8 Å². The molecule has 0 saturated heterocycles. The molecule has 0 atom stereocenters. The highest BCUT2D eigenvalue weighted by molar-refractivity contribution is 7.89. The maximum Gasteiger partial charge on any atom is 0.243 e. The summed E-state index contributed by atoms with van der Waals surface area (Å²) in [6.07, 6.45) is 1.87. The van der Waals surface area contributed by atoms with Crippen LogP contribution in [0.2, 0.25) is 5.02 Å². The van der Waals surface area contributed by atoms with Crippen LogP contribution in [-0.2, 0) is 16.6 Å². The van der Waals surface area contributed by atoms with Gasteiger partial charge < -0.3 is 0 Å². The van der Waals surface area contributed by atoms with E-state index in [-0.39, 0.29) is 10.9 Å². The largest absolute Gasteiger partial charge is 0.243 e. The fourth-order valence-corrected chi connectivity index (χ4v) is 4.81. The summed E-state index contributed by atoms with van der Waals surface area (Å²) in [5.41, 5.74) is 1.92. The number of sulfonamides is 1. The van der Waals surface area contributed by atoms with Gasteiger partial charge in [0, 0.05) is 17.6 Å². The maximum atomic E-state index is 12.9. The number of hydrogen-bond donors (Lipinski definition) is 0. The number of halogens is 1. The van der Waals surface area contributed by atoms with Crippen molar-refractivity contribution in [3.05, 3.63) is 51.2 Å². The van der Waals surface area contributed by atoms with Gasteiger partial charge in [0.15, 0.2) is 0 Å². The Morgan fingerprint density at radius 2 is 2.10 bits per heavy atom. The van der Waals surface area contributed by atoms with E-state index in [2.05, 4.69) is 0 Å². The molecule has 0 spiro atoms. The highest BCUT2D eigenvalue weighted by Gasteiger charge is 2.38. The van der Waals surface area contributed by atoms with E-state index in [0.717, 1.165) is 24.0 Å². The second kappa shape index (κ2) is 5.72. The van der Waals surface area contributed by atoms with Crippen molar-refractivity contribution in [3.8, 4) is 0 Å². The van der Waals surface area contributed by atoms with Crippen LogP contribution in [0.4, 0.5) is 0 Å². The lowest BCUT2D eigenvalue weighted by Gasteiger charge is -2.21. The van der Waals surface area contributed by atoms with Gasteiger partial charge >= 0.3 is 0 Å². The van der Waals surface area contributed by atoms with Gasteiger partial charge in [0.2, 0.25) is 10.0 Å². The van der Waals surface area contributed by atoms with Gasteiger partial charge in [0.1, 0.15) is 0 Å². The highest BCUT2D eigenvalue weighted by atomic mass is 35.5. The molecule has 0 amide bonds. The van der Waals surface area contributed by atoms with Crippen molar-refractivity contribution in [1.29, 1.82) is 0 Å². The number of thiophene rings is 1. The van der Waals surface area contributed by atoms with Gasteiger partial charge in [-0.3, -0.25) is 0 Å². The predicted octanol–water partition coefficient (Wildman–Crippen LogP) is 4.06. The third-order valence-corrected chi connectivity index (χ3v) is 6.66. The molecule has 3 nitrogen and oxygen atoms in total. The van der Waals surface area contributed by atoms with E-state index in [0.29, 0.717) is 11.6 Å². The molecule has 0 radical (unpaired) electrons. The predicted molar refractivity (Wildman–Crippen MR) is 86.3 cm³/mol. The molecule has 21 heavy (non-hydrogen) atoms. The van der Waals surface area contributed by atoms with Crippen molar-refractivity contribution in [1.82, 2.24) is 4.31 Å². The summed E-state index contributed by atoms with van der Waals surface area (Å²) in [6, 6.07) is 7.03. The maximum absolute atomic E-state index is 12.9. The SMILES string of the molecule is Cc1ccc(S(=O)(=O)N(Cc2ccsc2)C2CC2)cc1Cl. The van der Waals surface area contributed by atoms with Crippen molar-refractivity contribution in [2.75, 3.05) is 0 Å². The zero-order chi connectivity index (χ0) is 15.0. The first-order chi connectivity index (χ1) is 9.98. The average Bonchev–Trinajstić information content (AvgIpc) is 3.15. The van der Waals surface area contributed by atoms with Gasteiger partial charge in [0.05, 0.1) is 4.90 Å². The summed E-state index contributed by atoms with van der Waals surface area (Å²) in [5, 5.41) is 4.45. The Morgan fingerprint density at radius 1 is 1.33 bits per heavy atom. The molecule has 3 rings (SSSR count). The van der Waals surface area contributed by atoms with Crippen LogP contribution in [0.15, 0.2) is 39.9 Å². The lowest BCUT2D eigenvalue weighted by molar-refractivity contribution is 0.399. The molecule has 2 aromatic rings. The topological polar surface area (TPSA) is 37.4 Å². The van der Waals surface area contributed by atoms with E-state index in [1.165, 1.54) is 0 Å². The molecule has 1 fully saturated rings. The van der Waals surface area contributed by atoms with Crippen molar-refractivity contribution in [2.24, 2.45) is 0 Å². The van der Waals surface area contributed by atoms with E-state index in [1.54, 1.807) is 33.8 Å². The molecule has 1 aromatic carbocycles. The standard InChI is InChI=1S/C15H16ClNO2S2/c1-11-2-5-14(8-15(11)16)21(18,19)17(13-3-4-13)9-12-6-7-20-10-12/h2,5-8,10,13H,3-4,9H2,1H3. The van der Waals surface area contributed by atoms with Gasteiger partial charge in [-0.15, -0.1) is 0 Å². The molecular weight excluding hydrogens is 326 g/mol. The molecule has 0 bridgehead atoms. The smallest absolute Gasteiger partial charge is 0.207 e. The van der Waals surface area contributed by atoms with Crippen LogP contribution < -0.4 is 0 Å². The molecule has 112 valence electrons. The Labute approximate surface area is 134 Å². The second-order valence-corrected chi connectivity index (χ2v) is 8.40. The fraction of sp³-hybridized carbons (Fsp3) is 0.333. The Balaban J connectivity index is 1.95. The van der Waals surface area contributed by atoms with Crippen LogP contribution in [0, 0.1) is 6.92 Å². The third-order valence-electron chi connectivity index (χ3n) is 3.62. The molecule has 0 aliphatic heterocycles. The van der Waals surface area contributed by atoms with Crippen molar-refractivity contribution in [3.63, 3.8) is 0 Å². The molecule has 1 aliphatic rings. The summed E-state index contributed by atoms with van der Waals surface area (Å²) in [7, 11) is -3.50. The Morgan fingerprint density at radius 3 is 2.67 bits per heavy atom. The van der Waals surface area contributed by atoms with Crippen LogP contribution >= 0.6 is 22.9 Å². The summed E-state index contributed by atoms with van der Waals surface area (Å²) in [5.74, 6) is 0. The summed E-state index contributed by atoms with van der Waals surface area (Å²) in [6.45, 7) is 2.30. The van der Waals surface area contributed by atoms with Gasteiger partial charge in [-0.25, -0.2) is 8.42 Å². The Bertz CT molecular complexity index is 737. The molecule has 1 saturated carbocycles. The number of benzene rings is 1. The van der Waals surface area contributed by atoms with Gasteiger partial charge in [0.25, 0.3) is 0 Å². The number of aryl methyl sites for hydroxylation is 1. The fourth-order valence-electron chi connectivity index (χ4n) is 2.20. The Kier molecular flexibility index (Phi) is 4.10. The molecule has 1 aliphatic carbocycles. The first-order valence-electron chi connectivity index (χ1n) is 6.77. The lowest BCUT2D eigenvalue weighted by Crippen LogP contribution is -2.32. The van der Waals surface area contributed by atoms with Gasteiger partial charge in [-0.05, 0) is 59.9 Å². The van der Waals surface area contributed by atoms with E-state index in [4.69, 9.17) is 11.6 Å². The molecule has 1 aromatic heterocycles. The first kappa shape index (κ1) is 15.0. The van der Waals surface area contributed by atoms with Gasteiger partial charge in [-0.2, -0.15) is 15.6 Å². The minimum absolute atomic E-state index is 0.120. The second-order valence-electron chi connectivity index (χ2n) is 5.32. The van der Waals surface area contributed by atoms with Crippen LogP contribution in [0.25, 0.3) is 0 Å². The zero-order valence-electron chi connectivity index (χ0n) is 11.6. The lowest BCUT2D eigenvalue weighted by atomic mass is 10.2. The van der Waals surface area contributed by atoms with E-state index < -0.39 is 10.0 Å². The summed E-state index contributed by atoms with van der Waals surface area (Å²) in [4.78, 5) is 0.278. The van der Waals surface area contributed by atoms with Crippen molar-refractivity contribution in [2.45, 2.75) is 37.2 Å². The van der Waals surface area contributed by atoms with Crippen LogP contribution in [0.1, 0.15) is 24.0 Å². The van der Waals surface area contributed by atoms with E-state index >= 15 is 0 Å². The quantitative estimate of drug-likeness (QED) is 0.822. The highest BCUT2D eigenvalue weighted by Crippen LogP contribution is 2.34. The molecule has 0 unspecified atom stereocenters. The van der Waals surface area contributed by atoms with Crippen LogP contribution in [0.5, 0.6) is 0 Å².